The molecule has 1 aliphatic carbocycles. The van der Waals surface area contributed by atoms with E-state index in [1.807, 2.05) is 32.2 Å². The molecule has 4 unspecified atom stereocenters. The number of ether oxygens (including phenoxy) is 3. The quantitative estimate of drug-likeness (QED) is 0.155. The Hall–Kier alpha value is -4.16. The highest BCUT2D eigenvalue weighted by Crippen LogP contribution is 2.68. The first kappa shape index (κ1) is 39.3. The van der Waals surface area contributed by atoms with Crippen LogP contribution in [-0.4, -0.2) is 120 Å². The first-order valence-electron chi connectivity index (χ1n) is 21.3. The minimum atomic E-state index is -1.93. The summed E-state index contributed by atoms with van der Waals surface area (Å²) >= 11 is 0. The Labute approximate surface area is 342 Å². The predicted octanol–water partition coefficient (Wildman–Crippen LogP) is 5.39. The number of rotatable bonds is 8. The zero-order valence-corrected chi connectivity index (χ0v) is 35.2. The van der Waals surface area contributed by atoms with Gasteiger partial charge in [-0.1, -0.05) is 50.8 Å². The number of carbonyl (C=O) groups is 2. The van der Waals surface area contributed by atoms with Gasteiger partial charge in [0.05, 0.1) is 31.6 Å². The Morgan fingerprint density at radius 3 is 2.48 bits per heavy atom. The van der Waals surface area contributed by atoms with E-state index in [-0.39, 0.29) is 17.7 Å². The van der Waals surface area contributed by atoms with Gasteiger partial charge in [0, 0.05) is 84.0 Å². The van der Waals surface area contributed by atoms with E-state index in [9.17, 15) is 15.0 Å². The van der Waals surface area contributed by atoms with Gasteiger partial charge >= 0.3 is 5.97 Å². The third-order valence-electron chi connectivity index (χ3n) is 15.7. The minimum absolute atomic E-state index is 0.0579. The number of methoxy groups -OCH3 is 2. The topological polar surface area (TPSA) is 128 Å². The van der Waals surface area contributed by atoms with E-state index in [1.165, 1.54) is 14.0 Å². The molecule has 3 aromatic rings. The molecule has 6 heterocycles. The number of aromatic amines is 1. The lowest BCUT2D eigenvalue weighted by molar-refractivity contribution is -0.205. The molecule has 11 nitrogen and oxygen atoms in total. The van der Waals surface area contributed by atoms with E-state index >= 15 is 4.79 Å². The Kier molecular flexibility index (Phi) is 9.10. The lowest BCUT2D eigenvalue weighted by atomic mass is 9.47. The maximum Gasteiger partial charge on any atom is 0.322 e. The van der Waals surface area contributed by atoms with Gasteiger partial charge in [0.1, 0.15) is 17.3 Å². The van der Waals surface area contributed by atoms with Crippen molar-refractivity contribution in [1.29, 1.82) is 0 Å². The Morgan fingerprint density at radius 1 is 1.02 bits per heavy atom. The molecule has 6 aliphatic rings. The maximum atomic E-state index is 15.3. The monoisotopic (exact) mass is 792 g/mol. The summed E-state index contributed by atoms with van der Waals surface area (Å²) in [5.74, 6) is 0.163. The van der Waals surface area contributed by atoms with Crippen molar-refractivity contribution in [2.75, 3.05) is 58.9 Å². The van der Waals surface area contributed by atoms with Crippen molar-refractivity contribution < 1.29 is 34.0 Å². The number of carbonyl (C=O) groups excluding carboxylic acids is 2. The minimum Gasteiger partial charge on any atom is -0.496 e. The molecule has 0 amide bonds. The van der Waals surface area contributed by atoms with E-state index in [0.29, 0.717) is 62.1 Å². The van der Waals surface area contributed by atoms with Crippen LogP contribution in [0.4, 0.5) is 5.69 Å². The fraction of sp³-hybridized carbons (Fsp3) is 0.574. The van der Waals surface area contributed by atoms with E-state index in [0.717, 1.165) is 59.6 Å². The number of fused-ring (bicyclic) bond motifs is 6. The van der Waals surface area contributed by atoms with Crippen molar-refractivity contribution in [1.82, 2.24) is 14.8 Å². The lowest BCUT2D eigenvalue weighted by Crippen LogP contribution is -2.80. The molecule has 3 fully saturated rings. The van der Waals surface area contributed by atoms with E-state index < -0.39 is 45.6 Å². The molecular weight excluding hydrogens is 733 g/mol. The molecule has 3 N–H and O–H groups in total. The smallest absolute Gasteiger partial charge is 0.322 e. The van der Waals surface area contributed by atoms with Crippen molar-refractivity contribution in [2.45, 2.75) is 106 Å². The molecule has 1 saturated carbocycles. The highest BCUT2D eigenvalue weighted by Gasteiger charge is 2.79. The molecule has 2 bridgehead atoms. The largest absolute Gasteiger partial charge is 0.496 e. The van der Waals surface area contributed by atoms with Crippen molar-refractivity contribution >= 4 is 28.3 Å². The molecule has 58 heavy (non-hydrogen) atoms. The van der Waals surface area contributed by atoms with E-state index in [2.05, 4.69) is 63.5 Å². The molecule has 10 atom stereocenters. The number of benzene rings is 2. The summed E-state index contributed by atoms with van der Waals surface area (Å²) in [5, 5.41) is 26.4. The molecule has 0 radical (unpaired) electrons. The van der Waals surface area contributed by atoms with Crippen molar-refractivity contribution in [2.24, 2.45) is 11.3 Å². The number of para-hydroxylation sites is 1. The number of ketones is 1. The predicted molar refractivity (Wildman–Crippen MR) is 223 cm³/mol. The Balaban J connectivity index is 1.36. The van der Waals surface area contributed by atoms with E-state index in [4.69, 9.17) is 14.2 Å². The molecule has 9 rings (SSSR count). The summed E-state index contributed by atoms with van der Waals surface area (Å²) in [6.45, 7) is 15.1. The van der Waals surface area contributed by atoms with Crippen LogP contribution in [0.1, 0.15) is 82.2 Å². The third kappa shape index (κ3) is 4.99. The standard InChI is InChI=1S/C47H60N4O7/c1-9-43(54)24-30-25-46(42(53)57-8,38-32(16-20-50(26-30)27-43)31-14-11-12-15-35(31)48-38)34-22-33-36(23-37(34)56-7)49(6)40-45(33)18-21-51-19-13-17-44(10-2,39(45)51)41(58-28(3)4)47(40,55)29(5)52/h11-15,17,22-23,30,39-41,48,54-55H,3,9-10,16,18-21,24-27H2,1-2,4-8H3/t30?,39-,40+,41+,43-,44+,45?,46-,47?/m0/s1. The number of hydrogen-bond donors (Lipinski definition) is 3. The van der Waals surface area contributed by atoms with Crippen LogP contribution < -0.4 is 9.64 Å². The van der Waals surface area contributed by atoms with Crippen LogP contribution in [0.3, 0.4) is 0 Å². The summed E-state index contributed by atoms with van der Waals surface area (Å²) in [7, 11) is 5.08. The SMILES string of the molecule is C=C(C)O[C@H]1C(O)(C(C)=O)[C@@H]2N(C)c3cc(OC)c([C@@]4(C(=O)OC)CC5CN(CCc6c4[nH]c4ccccc64)C[C@](O)(CC)C5)cc3C23CCN2CC=C[C@]1(CC)[C@H]23. The van der Waals surface area contributed by atoms with Gasteiger partial charge in [0.25, 0.3) is 0 Å². The van der Waals surface area contributed by atoms with Gasteiger partial charge in [-0.15, -0.1) is 0 Å². The number of allylic oxidation sites excluding steroid dienone is 1. The van der Waals surface area contributed by atoms with Crippen LogP contribution >= 0.6 is 0 Å². The highest BCUT2D eigenvalue weighted by atomic mass is 16.5. The molecule has 2 aromatic carbocycles. The van der Waals surface area contributed by atoms with Gasteiger partial charge in [0.15, 0.2) is 11.4 Å². The molecule has 310 valence electrons. The number of piperidine rings is 1. The first-order valence-corrected chi connectivity index (χ1v) is 21.3. The molecular formula is C47H60N4O7. The number of H-pyrrole nitrogens is 1. The van der Waals surface area contributed by atoms with Crippen molar-refractivity contribution in [3.05, 3.63) is 83.3 Å². The zero-order valence-electron chi connectivity index (χ0n) is 35.2. The molecule has 1 spiro atoms. The summed E-state index contributed by atoms with van der Waals surface area (Å²) in [6, 6.07) is 11.6. The maximum absolute atomic E-state index is 15.3. The summed E-state index contributed by atoms with van der Waals surface area (Å²) in [4.78, 5) is 40.4. The second-order valence-corrected chi connectivity index (χ2v) is 18.5. The highest BCUT2D eigenvalue weighted by molar-refractivity contribution is 5.95. The third-order valence-corrected chi connectivity index (χ3v) is 15.7. The molecule has 1 aromatic heterocycles. The van der Waals surface area contributed by atoms with Crippen molar-refractivity contribution in [3.8, 4) is 5.75 Å². The van der Waals surface area contributed by atoms with Gasteiger partial charge in [-0.25, -0.2) is 0 Å². The number of esters is 1. The van der Waals surface area contributed by atoms with Crippen LogP contribution in [-0.2, 0) is 36.3 Å². The number of aliphatic hydroxyl groups is 2. The second kappa shape index (κ2) is 13.4. The van der Waals surface area contributed by atoms with Gasteiger partial charge in [-0.3, -0.25) is 19.4 Å². The Bertz CT molecular complexity index is 2230. The molecule has 5 aliphatic heterocycles. The second-order valence-electron chi connectivity index (χ2n) is 18.5. The van der Waals surface area contributed by atoms with Crippen LogP contribution in [0.15, 0.2) is 60.9 Å². The summed E-state index contributed by atoms with van der Waals surface area (Å²) < 4.78 is 19.0. The average molecular weight is 793 g/mol. The number of aromatic nitrogens is 1. The van der Waals surface area contributed by atoms with Crippen LogP contribution in [0.2, 0.25) is 0 Å². The van der Waals surface area contributed by atoms with E-state index in [1.54, 1.807) is 14.0 Å². The first-order chi connectivity index (χ1) is 27.7. The fourth-order valence-electron chi connectivity index (χ4n) is 13.5. The van der Waals surface area contributed by atoms with Gasteiger partial charge < -0.3 is 34.3 Å². The van der Waals surface area contributed by atoms with Crippen LogP contribution in [0.25, 0.3) is 10.9 Å². The lowest BCUT2D eigenvalue weighted by Gasteiger charge is -2.64. The van der Waals surface area contributed by atoms with Crippen molar-refractivity contribution in [3.63, 3.8) is 0 Å². The molecule has 11 heteroatoms. The number of nitrogens with zero attached hydrogens (tertiary/aromatic N) is 3. The van der Waals surface area contributed by atoms with Crippen LogP contribution in [0, 0.1) is 11.3 Å². The number of likely N-dealkylation sites (N-methyl/N-ethyl adjacent to an activating group) is 1. The number of Topliss-reactive ketones (excluding diaryl/α,β-unsaturated/α-hetero) is 1. The van der Waals surface area contributed by atoms with Gasteiger partial charge in [-0.05, 0) is 88.1 Å². The number of anilines is 1. The normalized spacial score (nSPS) is 37.5. The summed E-state index contributed by atoms with van der Waals surface area (Å²) in [6.07, 6.45) is 7.00. The summed E-state index contributed by atoms with van der Waals surface area (Å²) in [5.41, 5.74) is -0.352. The van der Waals surface area contributed by atoms with Gasteiger partial charge in [-0.2, -0.15) is 0 Å². The fourth-order valence-corrected chi connectivity index (χ4v) is 13.5. The van der Waals surface area contributed by atoms with Gasteiger partial charge in [0.2, 0.25) is 0 Å². The number of hydrogen-bond acceptors (Lipinski definition) is 10. The molecule has 2 saturated heterocycles. The average Bonchev–Trinajstić information content (AvgIpc) is 3.87. The Morgan fingerprint density at radius 2 is 1.79 bits per heavy atom. The van der Waals surface area contributed by atoms with Crippen LogP contribution in [0.5, 0.6) is 5.75 Å². The zero-order chi connectivity index (χ0) is 41.2. The number of nitrogens with one attached hydrogen (secondary N) is 1.